The van der Waals surface area contributed by atoms with Gasteiger partial charge in [-0.2, -0.15) is 0 Å². The van der Waals surface area contributed by atoms with Crippen LogP contribution in [0, 0.1) is 6.92 Å². The fourth-order valence-electron chi connectivity index (χ4n) is 3.98. The number of hydrogen-bond acceptors (Lipinski definition) is 7. The molecule has 1 aliphatic rings. The van der Waals surface area contributed by atoms with Crippen molar-refractivity contribution in [3.05, 3.63) is 78.5 Å². The van der Waals surface area contributed by atoms with Crippen molar-refractivity contribution < 1.29 is 9.84 Å². The van der Waals surface area contributed by atoms with Crippen molar-refractivity contribution in [1.29, 1.82) is 0 Å². The van der Waals surface area contributed by atoms with E-state index < -0.39 is 29.6 Å². The van der Waals surface area contributed by atoms with E-state index in [4.69, 9.17) is 21.9 Å². The highest BCUT2D eigenvalue weighted by Gasteiger charge is 2.36. The van der Waals surface area contributed by atoms with E-state index in [1.54, 1.807) is 25.3 Å². The van der Waals surface area contributed by atoms with E-state index in [1.165, 1.54) is 10.8 Å². The van der Waals surface area contributed by atoms with E-state index in [9.17, 15) is 14.7 Å². The molecule has 0 aliphatic carbocycles. The number of aliphatic hydroxyl groups is 1. The third-order valence-electron chi connectivity index (χ3n) is 5.62. The summed E-state index contributed by atoms with van der Waals surface area (Å²) in [5, 5.41) is 17.8. The number of fused-ring (bicyclic) bond motifs is 1. The number of nitrogens with one attached hydrogen (secondary N) is 1. The van der Waals surface area contributed by atoms with Gasteiger partial charge >= 0.3 is 5.69 Å². The number of aromatic nitrogens is 3. The smallest absolute Gasteiger partial charge is 0.333 e. The Morgan fingerprint density at radius 1 is 1.39 bits per heavy atom. The number of aliphatic hydroxyl groups excluding tert-OH is 1. The zero-order chi connectivity index (χ0) is 23.5. The molecule has 0 bridgehead atoms. The van der Waals surface area contributed by atoms with Gasteiger partial charge in [0.15, 0.2) is 0 Å². The number of ether oxygens (including phenoxy) is 1. The second-order valence-electron chi connectivity index (χ2n) is 7.73. The Morgan fingerprint density at radius 2 is 2.21 bits per heavy atom. The van der Waals surface area contributed by atoms with Gasteiger partial charge in [0.25, 0.3) is 5.56 Å². The number of nitrogens with zero attached hydrogens (tertiary/aromatic N) is 6. The van der Waals surface area contributed by atoms with Gasteiger partial charge in [-0.1, -0.05) is 16.7 Å². The van der Waals surface area contributed by atoms with Crippen LogP contribution in [0.4, 0.5) is 5.69 Å². The first kappa shape index (κ1) is 22.8. The molecular weight excluding hydrogens is 450 g/mol. The molecule has 1 unspecified atom stereocenters. The lowest BCUT2D eigenvalue weighted by atomic mass is 10.1. The number of hydrogen-bond donors (Lipinski definition) is 2. The lowest BCUT2D eigenvalue weighted by molar-refractivity contribution is -0.0277. The molecule has 33 heavy (non-hydrogen) atoms. The molecule has 0 saturated carbocycles. The maximum atomic E-state index is 13.1. The Bertz CT molecular complexity index is 1350. The summed E-state index contributed by atoms with van der Waals surface area (Å²) in [6, 6.07) is 6.59. The van der Waals surface area contributed by atoms with Crippen LogP contribution in [0.15, 0.2) is 51.4 Å². The standard InChI is InChI=1S/C21H22ClN7O4/c1-12-10-29(19-9-17(26-27-23)18(11-30)33-19)21(32)28(20(12)31)7-6-25-15-4-5-24-16-8-13(22)2-3-14(15)16/h2-5,8,10,17-19,30H,6-7,9,11H2,1H3,(H,24,25)/t17?,18-,19-/m1/s1. The summed E-state index contributed by atoms with van der Waals surface area (Å²) in [7, 11) is 0. The number of anilines is 1. The number of azide groups is 1. The first-order chi connectivity index (χ1) is 15.9. The van der Waals surface area contributed by atoms with Crippen LogP contribution in [-0.4, -0.2) is 44.5 Å². The molecule has 1 saturated heterocycles. The van der Waals surface area contributed by atoms with Crippen LogP contribution in [0.25, 0.3) is 21.3 Å². The molecule has 2 N–H and O–H groups in total. The molecule has 0 spiro atoms. The highest BCUT2D eigenvalue weighted by Crippen LogP contribution is 2.30. The third kappa shape index (κ3) is 4.57. The Morgan fingerprint density at radius 3 is 2.97 bits per heavy atom. The van der Waals surface area contributed by atoms with Gasteiger partial charge in [0.2, 0.25) is 0 Å². The number of rotatable bonds is 7. The first-order valence-corrected chi connectivity index (χ1v) is 10.7. The SMILES string of the molecule is Cc1cn([C@H]2CC(N=[N+]=[N-])[C@@H](CO)O2)c(=O)n(CCNc2ccnc3cc(Cl)ccc23)c1=O. The second-order valence-corrected chi connectivity index (χ2v) is 8.16. The van der Waals surface area contributed by atoms with E-state index in [0.717, 1.165) is 21.2 Å². The Balaban J connectivity index is 1.57. The van der Waals surface area contributed by atoms with Gasteiger partial charge < -0.3 is 15.2 Å². The molecule has 2 aromatic heterocycles. The summed E-state index contributed by atoms with van der Waals surface area (Å²) >= 11 is 6.04. The van der Waals surface area contributed by atoms with Crippen LogP contribution in [0.3, 0.4) is 0 Å². The van der Waals surface area contributed by atoms with Crippen LogP contribution in [0.1, 0.15) is 18.2 Å². The van der Waals surface area contributed by atoms with Crippen LogP contribution in [0.5, 0.6) is 0 Å². The van der Waals surface area contributed by atoms with Gasteiger partial charge in [-0.3, -0.25) is 18.9 Å². The number of aryl methyl sites for hydroxylation is 1. The molecule has 3 aromatic rings. The van der Waals surface area contributed by atoms with E-state index in [2.05, 4.69) is 20.3 Å². The van der Waals surface area contributed by atoms with Crippen molar-refractivity contribution >= 4 is 28.2 Å². The molecule has 172 valence electrons. The number of pyridine rings is 1. The summed E-state index contributed by atoms with van der Waals surface area (Å²) in [4.78, 5) is 32.9. The molecule has 3 atom stereocenters. The number of benzene rings is 1. The average Bonchev–Trinajstić information content (AvgIpc) is 3.21. The van der Waals surface area contributed by atoms with E-state index in [1.807, 2.05) is 12.1 Å². The van der Waals surface area contributed by atoms with Crippen molar-refractivity contribution in [3.8, 4) is 0 Å². The van der Waals surface area contributed by atoms with Gasteiger partial charge in [-0.05, 0) is 36.7 Å². The second kappa shape index (κ2) is 9.63. The van der Waals surface area contributed by atoms with Crippen LogP contribution in [0.2, 0.25) is 5.02 Å². The fourth-order valence-corrected chi connectivity index (χ4v) is 4.14. The predicted octanol–water partition coefficient (Wildman–Crippen LogP) is 2.59. The highest BCUT2D eigenvalue weighted by molar-refractivity contribution is 6.31. The Hall–Kier alpha value is -3.37. The molecule has 4 rings (SSSR count). The molecule has 1 aliphatic heterocycles. The van der Waals surface area contributed by atoms with Crippen molar-refractivity contribution in [1.82, 2.24) is 14.1 Å². The zero-order valence-electron chi connectivity index (χ0n) is 17.8. The molecule has 11 nitrogen and oxygen atoms in total. The van der Waals surface area contributed by atoms with E-state index in [-0.39, 0.29) is 19.6 Å². The molecule has 12 heteroatoms. The highest BCUT2D eigenvalue weighted by atomic mass is 35.5. The molecule has 1 aromatic carbocycles. The summed E-state index contributed by atoms with van der Waals surface area (Å²) in [5.41, 5.74) is 9.71. The van der Waals surface area contributed by atoms with E-state index >= 15 is 0 Å². The normalized spacial score (nSPS) is 20.0. The lowest BCUT2D eigenvalue weighted by Gasteiger charge is -2.18. The monoisotopic (exact) mass is 471 g/mol. The average molecular weight is 472 g/mol. The van der Waals surface area contributed by atoms with E-state index in [0.29, 0.717) is 17.1 Å². The quantitative estimate of drug-likeness (QED) is 0.307. The fraction of sp³-hybridized carbons (Fsp3) is 0.381. The van der Waals surface area contributed by atoms with Crippen molar-refractivity contribution in [2.45, 2.75) is 38.3 Å². The molecule has 0 radical (unpaired) electrons. The Kier molecular flexibility index (Phi) is 6.66. The zero-order valence-corrected chi connectivity index (χ0v) is 18.5. The predicted molar refractivity (Wildman–Crippen MR) is 123 cm³/mol. The molecular formula is C21H22ClN7O4. The summed E-state index contributed by atoms with van der Waals surface area (Å²) in [6.07, 6.45) is 1.84. The largest absolute Gasteiger partial charge is 0.394 e. The summed E-state index contributed by atoms with van der Waals surface area (Å²) < 4.78 is 8.18. The Labute approximate surface area is 192 Å². The maximum absolute atomic E-state index is 13.1. The third-order valence-corrected chi connectivity index (χ3v) is 5.85. The summed E-state index contributed by atoms with van der Waals surface area (Å²) in [5.74, 6) is 0. The molecule has 3 heterocycles. The van der Waals surface area contributed by atoms with Crippen LogP contribution in [-0.2, 0) is 11.3 Å². The first-order valence-electron chi connectivity index (χ1n) is 10.3. The minimum absolute atomic E-state index is 0.118. The number of halogens is 1. The minimum Gasteiger partial charge on any atom is -0.394 e. The van der Waals surface area contributed by atoms with Gasteiger partial charge in [0, 0.05) is 58.5 Å². The molecule has 1 fully saturated rings. The van der Waals surface area contributed by atoms with Crippen molar-refractivity contribution in [2.75, 3.05) is 18.5 Å². The van der Waals surface area contributed by atoms with Gasteiger partial charge in [0.05, 0.1) is 24.3 Å². The van der Waals surface area contributed by atoms with Crippen molar-refractivity contribution in [2.24, 2.45) is 5.11 Å². The minimum atomic E-state index is -0.752. The van der Waals surface area contributed by atoms with Crippen LogP contribution >= 0.6 is 11.6 Å². The lowest BCUT2D eigenvalue weighted by Crippen LogP contribution is -2.43. The van der Waals surface area contributed by atoms with Gasteiger partial charge in [-0.15, -0.1) is 0 Å². The summed E-state index contributed by atoms with van der Waals surface area (Å²) in [6.45, 7) is 1.70. The maximum Gasteiger partial charge on any atom is 0.333 e. The molecule has 0 amide bonds. The van der Waals surface area contributed by atoms with Gasteiger partial charge in [0.1, 0.15) is 6.23 Å². The topological polar surface area (TPSA) is 147 Å². The van der Waals surface area contributed by atoms with Crippen molar-refractivity contribution in [3.63, 3.8) is 0 Å². The van der Waals surface area contributed by atoms with Gasteiger partial charge in [-0.25, -0.2) is 4.79 Å². The van der Waals surface area contributed by atoms with Crippen LogP contribution < -0.4 is 16.6 Å².